The number of phenols is 2. The summed E-state index contributed by atoms with van der Waals surface area (Å²) in [6, 6.07) is 23.0. The molecule has 0 spiro atoms. The van der Waals surface area contributed by atoms with E-state index in [0.717, 1.165) is 25.4 Å². The maximum atomic E-state index is 13.0. The van der Waals surface area contributed by atoms with Crippen molar-refractivity contribution in [3.8, 4) is 44.9 Å². The summed E-state index contributed by atoms with van der Waals surface area (Å²) in [5.41, 5.74) is 1.26. The van der Waals surface area contributed by atoms with E-state index in [4.69, 9.17) is 18.9 Å². The van der Waals surface area contributed by atoms with Crippen LogP contribution in [0.3, 0.4) is 0 Å². The van der Waals surface area contributed by atoms with E-state index in [9.17, 15) is 29.4 Å². The molecule has 1 unspecified atom stereocenters. The zero-order chi connectivity index (χ0) is 36.2. The quantitative estimate of drug-likeness (QED) is 0.0861. The summed E-state index contributed by atoms with van der Waals surface area (Å²) in [5, 5.41) is 22.8. The molecule has 1 fully saturated rings. The Balaban J connectivity index is 0.827. The molecule has 3 heterocycles. The molecule has 2 aliphatic rings. The number of carbonyl (C=O) groups excluding carboxylic acids is 4. The molecule has 7 rings (SSSR count). The number of amides is 4. The van der Waals surface area contributed by atoms with Gasteiger partial charge >= 0.3 is 0 Å². The molecular formula is C39H34N2O10S. The Morgan fingerprint density at radius 2 is 1.37 bits per heavy atom. The number of phenolic OH excluding ortho intramolecular Hbond substituents is 2. The van der Waals surface area contributed by atoms with Crippen molar-refractivity contribution < 1.29 is 48.3 Å². The minimum atomic E-state index is -1.01. The fraction of sp³-hybridized carbons (Fsp3) is 0.231. The monoisotopic (exact) mass is 722 g/mol. The number of carbonyl (C=O) groups is 4. The normalized spacial score (nSPS) is 15.5. The number of nitrogens with zero attached hydrogens (tertiary/aromatic N) is 1. The number of piperidine rings is 1. The van der Waals surface area contributed by atoms with E-state index < -0.39 is 29.7 Å². The molecule has 12 nitrogen and oxygen atoms in total. The molecule has 52 heavy (non-hydrogen) atoms. The van der Waals surface area contributed by atoms with Gasteiger partial charge in [-0.2, -0.15) is 0 Å². The van der Waals surface area contributed by atoms with Gasteiger partial charge < -0.3 is 29.2 Å². The van der Waals surface area contributed by atoms with Gasteiger partial charge in [-0.05, 0) is 96.9 Å². The first-order valence-electron chi connectivity index (χ1n) is 16.8. The van der Waals surface area contributed by atoms with Crippen molar-refractivity contribution in [1.82, 2.24) is 10.2 Å². The number of fused-ring (bicyclic) bond motifs is 2. The average molecular weight is 723 g/mol. The smallest absolute Gasteiger partial charge is 0.262 e. The Bertz CT molecular complexity index is 2150. The summed E-state index contributed by atoms with van der Waals surface area (Å²) >= 11 is 1.50. The topological polar surface area (TPSA) is 161 Å². The number of rotatable bonds is 14. The third-order valence-corrected chi connectivity index (χ3v) is 9.80. The number of ether oxygens (including phenoxy) is 4. The number of imide groups is 2. The van der Waals surface area contributed by atoms with Gasteiger partial charge in [-0.15, -0.1) is 11.3 Å². The Kier molecular flexibility index (Phi) is 10.0. The summed E-state index contributed by atoms with van der Waals surface area (Å²) in [7, 11) is 0. The van der Waals surface area contributed by atoms with Gasteiger partial charge in [-0.3, -0.25) is 29.4 Å². The number of aromatic hydroxyl groups is 2. The molecule has 0 radical (unpaired) electrons. The zero-order valence-corrected chi connectivity index (χ0v) is 28.6. The Morgan fingerprint density at radius 1 is 0.712 bits per heavy atom. The predicted molar refractivity (Wildman–Crippen MR) is 191 cm³/mol. The van der Waals surface area contributed by atoms with E-state index in [0.29, 0.717) is 62.3 Å². The molecule has 1 aromatic heterocycles. The number of hydrogen-bond donors (Lipinski definition) is 3. The molecule has 1 atom stereocenters. The lowest BCUT2D eigenvalue weighted by molar-refractivity contribution is -0.136. The van der Waals surface area contributed by atoms with Gasteiger partial charge in [-0.1, -0.05) is 0 Å². The number of hydrogen-bond acceptors (Lipinski definition) is 11. The fourth-order valence-corrected chi connectivity index (χ4v) is 7.20. The van der Waals surface area contributed by atoms with Crippen LogP contribution in [0.2, 0.25) is 0 Å². The van der Waals surface area contributed by atoms with Crippen LogP contribution in [0, 0.1) is 0 Å². The SMILES string of the molecule is O=C1CCC(N2C(=O)c3ccc(OCCCOCCCOc4ccc(Oc5c(-c6ccc(O)cc6)sc6cc(O)ccc56)cc4)cc3C2=O)C(=O)N1. The van der Waals surface area contributed by atoms with Crippen molar-refractivity contribution in [1.29, 1.82) is 0 Å². The highest BCUT2D eigenvalue weighted by Gasteiger charge is 2.44. The summed E-state index contributed by atoms with van der Waals surface area (Å²) < 4.78 is 24.6. The lowest BCUT2D eigenvalue weighted by Gasteiger charge is -2.27. The lowest BCUT2D eigenvalue weighted by atomic mass is 10.0. The minimum absolute atomic E-state index is 0.0616. The zero-order valence-electron chi connectivity index (χ0n) is 27.8. The van der Waals surface area contributed by atoms with Crippen molar-refractivity contribution >= 4 is 45.1 Å². The van der Waals surface area contributed by atoms with Gasteiger partial charge in [0, 0.05) is 42.6 Å². The van der Waals surface area contributed by atoms with Gasteiger partial charge in [0.15, 0.2) is 5.75 Å². The second-order valence-corrected chi connectivity index (χ2v) is 13.3. The van der Waals surface area contributed by atoms with Gasteiger partial charge in [0.05, 0.1) is 29.2 Å². The Morgan fingerprint density at radius 3 is 2.10 bits per heavy atom. The highest BCUT2D eigenvalue weighted by Crippen LogP contribution is 2.47. The lowest BCUT2D eigenvalue weighted by Crippen LogP contribution is -2.54. The van der Waals surface area contributed by atoms with Crippen molar-refractivity contribution in [3.05, 3.63) is 96.1 Å². The molecule has 0 saturated carbocycles. The van der Waals surface area contributed by atoms with Crippen LogP contribution in [0.4, 0.5) is 0 Å². The molecule has 4 amide bonds. The van der Waals surface area contributed by atoms with E-state index in [1.54, 1.807) is 30.3 Å². The summed E-state index contributed by atoms with van der Waals surface area (Å²) in [4.78, 5) is 51.4. The maximum Gasteiger partial charge on any atom is 0.262 e. The largest absolute Gasteiger partial charge is 0.508 e. The molecule has 13 heteroatoms. The molecule has 2 aliphatic heterocycles. The van der Waals surface area contributed by atoms with Crippen LogP contribution in [-0.4, -0.2) is 71.2 Å². The fourth-order valence-electron chi connectivity index (χ4n) is 6.03. The van der Waals surface area contributed by atoms with Crippen LogP contribution in [0.25, 0.3) is 20.5 Å². The number of thiophene rings is 1. The number of nitrogens with one attached hydrogen (secondary N) is 1. The minimum Gasteiger partial charge on any atom is -0.508 e. The highest BCUT2D eigenvalue weighted by molar-refractivity contribution is 7.22. The van der Waals surface area contributed by atoms with Gasteiger partial charge in [0.2, 0.25) is 11.8 Å². The van der Waals surface area contributed by atoms with Crippen molar-refractivity contribution in [2.75, 3.05) is 26.4 Å². The highest BCUT2D eigenvalue weighted by atomic mass is 32.1. The molecule has 0 aliphatic carbocycles. The molecule has 3 N–H and O–H groups in total. The van der Waals surface area contributed by atoms with E-state index in [-0.39, 0.29) is 35.5 Å². The first-order chi connectivity index (χ1) is 25.2. The summed E-state index contributed by atoms with van der Waals surface area (Å²) in [6.07, 6.45) is 1.44. The summed E-state index contributed by atoms with van der Waals surface area (Å²) in [5.74, 6) is 0.550. The van der Waals surface area contributed by atoms with Gasteiger partial charge in [0.1, 0.15) is 34.8 Å². The summed E-state index contributed by atoms with van der Waals surface area (Å²) in [6.45, 7) is 1.75. The average Bonchev–Trinajstić information content (AvgIpc) is 3.61. The predicted octanol–water partition coefficient (Wildman–Crippen LogP) is 6.43. The van der Waals surface area contributed by atoms with Crippen LogP contribution in [0.15, 0.2) is 84.9 Å². The van der Waals surface area contributed by atoms with Crippen LogP contribution >= 0.6 is 11.3 Å². The van der Waals surface area contributed by atoms with Crippen molar-refractivity contribution in [2.45, 2.75) is 31.7 Å². The first-order valence-corrected chi connectivity index (χ1v) is 17.6. The van der Waals surface area contributed by atoms with E-state index in [2.05, 4.69) is 5.32 Å². The number of benzene rings is 4. The van der Waals surface area contributed by atoms with E-state index in [1.165, 1.54) is 23.5 Å². The maximum absolute atomic E-state index is 13.0. The Hall–Kier alpha value is -5.92. The third-order valence-electron chi connectivity index (χ3n) is 8.62. The van der Waals surface area contributed by atoms with Gasteiger partial charge in [0.25, 0.3) is 11.8 Å². The van der Waals surface area contributed by atoms with Crippen molar-refractivity contribution in [3.63, 3.8) is 0 Å². The molecular weight excluding hydrogens is 689 g/mol. The van der Waals surface area contributed by atoms with Crippen LogP contribution < -0.4 is 19.5 Å². The first kappa shape index (κ1) is 34.5. The Labute approximate surface area is 302 Å². The standard InChI is InChI=1S/C39H34N2O10S/c42-24-5-3-23(4-6-24)36-35(30-13-7-25(43)21-33(30)52-36)51-27-10-8-26(9-11-27)49-19-1-17-48-18-2-20-50-28-12-14-29-31(22-28)39(47)41(38(29)46)32-15-16-34(44)40-37(32)45/h3-14,21-22,32,42-43H,1-2,15-20H2,(H,40,44,45). The van der Waals surface area contributed by atoms with Crippen LogP contribution in [-0.2, 0) is 14.3 Å². The molecule has 266 valence electrons. The second-order valence-electron chi connectivity index (χ2n) is 12.2. The van der Waals surface area contributed by atoms with E-state index >= 15 is 0 Å². The molecule has 4 aromatic carbocycles. The third kappa shape index (κ3) is 7.41. The molecule has 5 aromatic rings. The van der Waals surface area contributed by atoms with Gasteiger partial charge in [-0.25, -0.2) is 0 Å². The molecule has 1 saturated heterocycles. The second kappa shape index (κ2) is 15.1. The molecule has 0 bridgehead atoms. The van der Waals surface area contributed by atoms with Crippen LogP contribution in [0.1, 0.15) is 46.4 Å². The van der Waals surface area contributed by atoms with Crippen LogP contribution in [0.5, 0.6) is 34.5 Å². The van der Waals surface area contributed by atoms with E-state index in [1.807, 2.05) is 42.5 Å². The van der Waals surface area contributed by atoms with Crippen molar-refractivity contribution in [2.24, 2.45) is 0 Å².